The van der Waals surface area contributed by atoms with Gasteiger partial charge in [0.2, 0.25) is 0 Å². The van der Waals surface area contributed by atoms with E-state index in [-0.39, 0.29) is 0 Å². The molecule has 0 atom stereocenters. The number of fused-ring (bicyclic) bond motifs is 26. The molecule has 10 heteroatoms. The summed E-state index contributed by atoms with van der Waals surface area (Å²) < 4.78 is 37.8. The van der Waals surface area contributed by atoms with E-state index in [1.54, 1.807) is 0 Å². The topological polar surface area (TPSA) is 59.1 Å². The Kier molecular flexibility index (Phi) is 13.7. The molecule has 10 heterocycles. The number of nitrogens with zero attached hydrogens (tertiary/aromatic N) is 4. The van der Waals surface area contributed by atoms with Crippen LogP contribution in [-0.2, 0) is 0 Å². The summed E-state index contributed by atoms with van der Waals surface area (Å²) in [5.74, 6) is 0. The smallest absolute Gasteiger partial charge is 0.161 e. The molecular formula is C104H60N4O3S3. The maximum absolute atomic E-state index is 7.00. The van der Waals surface area contributed by atoms with Crippen molar-refractivity contribution in [3.63, 3.8) is 0 Å². The Balaban J connectivity index is 0.000000129. The quantitative estimate of drug-likeness (QED) is 0.152. The summed E-state index contributed by atoms with van der Waals surface area (Å²) in [6.45, 7) is 0. The van der Waals surface area contributed by atoms with E-state index < -0.39 is 0 Å². The van der Waals surface area contributed by atoms with Crippen molar-refractivity contribution < 1.29 is 13.3 Å². The SMILES string of the molecule is c1ccc(-n2c3ccccc3c3oc4cc(-c5ccc(-c6cccc7c6oc6c8ccccc8n(-c8ccccc8)c76)c6sc7ccccc7c56)ccc4c32)cc1.c1ccc(-n2c3ccccc3c3oc4cc(-c5ccc(-c6cccc7c6sc6c8ccccc8n(-c8ccccc8)c76)c6sc7ccccc7c56)ccc4c32)cc1. The van der Waals surface area contributed by atoms with Crippen LogP contribution in [-0.4, -0.2) is 18.3 Å². The lowest BCUT2D eigenvalue weighted by Gasteiger charge is -2.11. The Morgan fingerprint density at radius 2 is 0.535 bits per heavy atom. The van der Waals surface area contributed by atoms with Gasteiger partial charge in [0.15, 0.2) is 16.7 Å². The molecule has 0 fully saturated rings. The Morgan fingerprint density at radius 3 is 1.01 bits per heavy atom. The zero-order valence-corrected chi connectivity index (χ0v) is 63.3. The number of hydrogen-bond donors (Lipinski definition) is 0. The summed E-state index contributed by atoms with van der Waals surface area (Å²) in [7, 11) is 0. The summed E-state index contributed by atoms with van der Waals surface area (Å²) in [5.41, 5.74) is 28.7. The molecule has 0 aliphatic carbocycles. The van der Waals surface area contributed by atoms with Crippen LogP contribution in [0.5, 0.6) is 0 Å². The molecule has 0 saturated carbocycles. The molecule has 0 radical (unpaired) electrons. The number of hydrogen-bond acceptors (Lipinski definition) is 6. The van der Waals surface area contributed by atoms with Gasteiger partial charge in [0.25, 0.3) is 0 Å². The molecule has 0 bridgehead atoms. The van der Waals surface area contributed by atoms with Crippen molar-refractivity contribution in [3.05, 3.63) is 364 Å². The van der Waals surface area contributed by atoms with Gasteiger partial charge in [-0.1, -0.05) is 231 Å². The largest absolute Gasteiger partial charge is 0.454 e. The normalized spacial score (nSPS) is 12.2. The van der Waals surface area contributed by atoms with E-state index in [1.807, 2.05) is 34.0 Å². The van der Waals surface area contributed by atoms with Crippen molar-refractivity contribution in [1.29, 1.82) is 0 Å². The Morgan fingerprint density at radius 1 is 0.193 bits per heavy atom. The first-order chi connectivity index (χ1) is 56.6. The van der Waals surface area contributed by atoms with E-state index in [0.29, 0.717) is 0 Å². The molecule has 0 saturated heterocycles. The molecule has 114 heavy (non-hydrogen) atoms. The van der Waals surface area contributed by atoms with Gasteiger partial charge in [0.05, 0.1) is 32.3 Å². The molecule has 0 spiro atoms. The fraction of sp³-hybridized carbons (Fsp3) is 0. The van der Waals surface area contributed by atoms with Crippen molar-refractivity contribution in [2.75, 3.05) is 0 Å². The third kappa shape index (κ3) is 9.18. The molecule has 10 aromatic heterocycles. The van der Waals surface area contributed by atoms with Crippen LogP contribution >= 0.6 is 34.0 Å². The molecule has 0 amide bonds. The second-order valence-corrected chi connectivity index (χ2v) is 32.7. The minimum Gasteiger partial charge on any atom is -0.454 e. The molecule has 7 nitrogen and oxygen atoms in total. The van der Waals surface area contributed by atoms with Crippen LogP contribution in [0.25, 0.3) is 238 Å². The van der Waals surface area contributed by atoms with E-state index in [4.69, 9.17) is 13.3 Å². The molecule has 26 rings (SSSR count). The summed E-state index contributed by atoms with van der Waals surface area (Å²) >= 11 is 5.66. The van der Waals surface area contributed by atoms with Gasteiger partial charge in [-0.05, 0) is 156 Å². The standard InChI is InChI=1S/C52H30N2O2S.C52H30N2OS2/c1-3-14-32(15-4-1)53-42-23-10-7-18-37(42)50-47(53)39-27-26-31(30-44(39)55-50)34-28-29-36(52-46(34)40-20-9-12-25-45(40)57-52)35-21-13-22-41-48-51(56-49(35)41)38-19-8-11-24-43(38)54(48)33-16-5-2-6-17-33;1-3-14-32(15-4-1)53-42-23-10-7-18-37(42)49-47(53)39-27-26-31(30-44(39)55-49)34-28-29-36(51-46(34)40-20-9-12-25-45(40)56-51)35-21-13-22-41-48-52(57-50(35)41)38-19-8-11-24-43(38)54(48)33-16-5-2-6-17-33/h2*1-30H. The van der Waals surface area contributed by atoms with Gasteiger partial charge in [0, 0.05) is 133 Å². The van der Waals surface area contributed by atoms with Gasteiger partial charge >= 0.3 is 0 Å². The van der Waals surface area contributed by atoms with Crippen LogP contribution in [0, 0.1) is 0 Å². The number of benzene rings is 16. The van der Waals surface area contributed by atoms with E-state index >= 15 is 0 Å². The van der Waals surface area contributed by atoms with Crippen molar-refractivity contribution in [2.24, 2.45) is 0 Å². The average molecular weight is 1510 g/mol. The number of rotatable bonds is 8. The van der Waals surface area contributed by atoms with Crippen molar-refractivity contribution in [2.45, 2.75) is 0 Å². The minimum atomic E-state index is 0.878. The first kappa shape index (κ1) is 63.5. The monoisotopic (exact) mass is 1510 g/mol. The Bertz CT molecular complexity index is 7990. The van der Waals surface area contributed by atoms with E-state index in [0.717, 1.165) is 133 Å². The second kappa shape index (κ2) is 24.6. The molecule has 0 aliphatic heterocycles. The Labute approximate surface area is 662 Å². The van der Waals surface area contributed by atoms with Gasteiger partial charge in [-0.15, -0.1) is 34.0 Å². The van der Waals surface area contributed by atoms with Crippen LogP contribution in [0.1, 0.15) is 0 Å². The molecule has 0 aliphatic rings. The molecule has 532 valence electrons. The van der Waals surface area contributed by atoms with E-state index in [9.17, 15) is 0 Å². The lowest BCUT2D eigenvalue weighted by molar-refractivity contribution is 0.672. The maximum atomic E-state index is 7.00. The van der Waals surface area contributed by atoms with E-state index in [1.165, 1.54) is 105 Å². The van der Waals surface area contributed by atoms with Gasteiger partial charge in [0.1, 0.15) is 33.3 Å². The van der Waals surface area contributed by atoms with Gasteiger partial charge in [-0.2, -0.15) is 0 Å². The van der Waals surface area contributed by atoms with Crippen molar-refractivity contribution in [1.82, 2.24) is 18.3 Å². The van der Waals surface area contributed by atoms with Crippen LogP contribution in [0.15, 0.2) is 377 Å². The highest BCUT2D eigenvalue weighted by molar-refractivity contribution is 7.28. The third-order valence-electron chi connectivity index (χ3n) is 23.5. The number of para-hydroxylation sites is 9. The molecule has 16 aromatic carbocycles. The van der Waals surface area contributed by atoms with Crippen molar-refractivity contribution in [3.8, 4) is 67.3 Å². The zero-order chi connectivity index (χ0) is 74.4. The van der Waals surface area contributed by atoms with Crippen molar-refractivity contribution >= 4 is 204 Å². The first-order valence-electron chi connectivity index (χ1n) is 38.5. The minimum absolute atomic E-state index is 0.878. The average Bonchev–Trinajstić information content (AvgIpc) is 1.57. The lowest BCUT2D eigenvalue weighted by Crippen LogP contribution is -1.93. The van der Waals surface area contributed by atoms with E-state index in [2.05, 4.69) is 382 Å². The second-order valence-electron chi connectivity index (χ2n) is 29.6. The van der Waals surface area contributed by atoms with Crippen LogP contribution < -0.4 is 0 Å². The predicted molar refractivity (Wildman–Crippen MR) is 482 cm³/mol. The van der Waals surface area contributed by atoms with Gasteiger partial charge < -0.3 is 31.5 Å². The number of aromatic nitrogens is 4. The fourth-order valence-electron chi connectivity index (χ4n) is 18.6. The molecular weight excluding hydrogens is 1450 g/mol. The zero-order valence-electron chi connectivity index (χ0n) is 60.9. The fourth-order valence-corrected chi connectivity index (χ4v) is 22.5. The van der Waals surface area contributed by atoms with Gasteiger partial charge in [-0.25, -0.2) is 0 Å². The highest BCUT2D eigenvalue weighted by Gasteiger charge is 2.28. The summed E-state index contributed by atoms with van der Waals surface area (Å²) in [6, 6.07) is 131. The first-order valence-corrected chi connectivity index (χ1v) is 41.0. The van der Waals surface area contributed by atoms with Crippen LogP contribution in [0.3, 0.4) is 0 Å². The maximum Gasteiger partial charge on any atom is 0.161 e. The predicted octanol–water partition coefficient (Wildman–Crippen LogP) is 30.6. The lowest BCUT2D eigenvalue weighted by atomic mass is 9.94. The summed E-state index contributed by atoms with van der Waals surface area (Å²) in [4.78, 5) is 0. The molecule has 0 N–H and O–H groups in total. The van der Waals surface area contributed by atoms with Crippen LogP contribution in [0.4, 0.5) is 0 Å². The molecule has 26 aromatic rings. The third-order valence-corrected chi connectivity index (χ3v) is 27.1. The summed E-state index contributed by atoms with van der Waals surface area (Å²) in [5, 5.41) is 14.3. The number of furan rings is 3. The summed E-state index contributed by atoms with van der Waals surface area (Å²) in [6.07, 6.45) is 0. The highest BCUT2D eigenvalue weighted by Crippen LogP contribution is 2.54. The number of thiophene rings is 3. The van der Waals surface area contributed by atoms with Crippen LogP contribution in [0.2, 0.25) is 0 Å². The molecule has 0 unspecified atom stereocenters. The van der Waals surface area contributed by atoms with Gasteiger partial charge in [-0.3, -0.25) is 0 Å². The highest BCUT2D eigenvalue weighted by atomic mass is 32.1. The Hall–Kier alpha value is -14.3.